The van der Waals surface area contributed by atoms with Crippen molar-refractivity contribution in [1.29, 1.82) is 0 Å². The smallest absolute Gasteiger partial charge is 0.210 e. The third kappa shape index (κ3) is 2.90. The van der Waals surface area contributed by atoms with Crippen molar-refractivity contribution in [3.05, 3.63) is 24.3 Å². The van der Waals surface area contributed by atoms with E-state index in [1.807, 2.05) is 0 Å². The molecule has 5 heteroatoms. The van der Waals surface area contributed by atoms with Crippen LogP contribution in [0.2, 0.25) is 0 Å². The summed E-state index contributed by atoms with van der Waals surface area (Å²) >= 11 is 0. The summed E-state index contributed by atoms with van der Waals surface area (Å²) in [7, 11) is -2.11. The van der Waals surface area contributed by atoms with Gasteiger partial charge in [0.05, 0.1) is 5.69 Å². The molecule has 0 saturated heterocycles. The fourth-order valence-corrected chi connectivity index (χ4v) is 0.896. The zero-order valence-electron chi connectivity index (χ0n) is 5.64. The van der Waals surface area contributed by atoms with E-state index in [0.29, 0.717) is 12.1 Å². The van der Waals surface area contributed by atoms with E-state index in [4.69, 9.17) is 0 Å². The minimum absolute atomic E-state index is 0.309. The van der Waals surface area contributed by atoms with Gasteiger partial charge in [0.15, 0.2) is 0 Å². The number of hydrogen-bond acceptors (Lipinski definition) is 4. The zero-order chi connectivity index (χ0) is 8.10. The Morgan fingerprint density at radius 1 is 1.45 bits per heavy atom. The van der Waals surface area contributed by atoms with Crippen LogP contribution in [0.25, 0.3) is 0 Å². The highest BCUT2D eigenvalue weighted by atomic mass is 32.2. The highest BCUT2D eigenvalue weighted by molar-refractivity contribution is 7.71. The van der Waals surface area contributed by atoms with Gasteiger partial charge in [-0.05, 0) is 0 Å². The van der Waals surface area contributed by atoms with Crippen LogP contribution in [0.4, 0.5) is 0 Å². The van der Waals surface area contributed by atoms with Gasteiger partial charge in [0.25, 0.3) is 0 Å². The van der Waals surface area contributed by atoms with Gasteiger partial charge < -0.3 is 0 Å². The molecule has 0 aliphatic rings. The minimum atomic E-state index is -2.11. The molecule has 58 valence electrons. The molecule has 1 heterocycles. The minimum Gasteiger partial charge on any atom is -0.261 e. The second kappa shape index (κ2) is 3.82. The Labute approximate surface area is 65.5 Å². The Kier molecular flexibility index (Phi) is 2.74. The molecular weight excluding hydrogens is 164 g/mol. The summed E-state index contributed by atoms with van der Waals surface area (Å²) in [5.74, 6) is 0. The summed E-state index contributed by atoms with van der Waals surface area (Å²) in [6, 6.07) is 0. The molecule has 0 radical (unpaired) electrons. The van der Waals surface area contributed by atoms with Crippen molar-refractivity contribution < 1.29 is 8.42 Å². The number of rotatable bonds is 2. The first-order valence-electron chi connectivity index (χ1n) is 2.95. The van der Waals surface area contributed by atoms with Crippen LogP contribution in [0.5, 0.6) is 0 Å². The molecule has 0 spiro atoms. The topological polar surface area (TPSA) is 59.9 Å². The molecule has 0 atom stereocenters. The maximum absolute atomic E-state index is 10.1. The third-order valence-corrected chi connectivity index (χ3v) is 1.48. The maximum Gasteiger partial charge on any atom is 0.210 e. The molecule has 0 unspecified atom stereocenters. The van der Waals surface area contributed by atoms with Crippen molar-refractivity contribution in [2.45, 2.75) is 6.42 Å². The average Bonchev–Trinajstić information content (AvgIpc) is 2.03. The lowest BCUT2D eigenvalue weighted by Crippen LogP contribution is -1.91. The summed E-state index contributed by atoms with van der Waals surface area (Å²) < 4.78 is 20.1. The van der Waals surface area contributed by atoms with Crippen LogP contribution in [0.15, 0.2) is 18.6 Å². The molecule has 0 bridgehead atoms. The first-order valence-corrected chi connectivity index (χ1v) is 4.09. The summed E-state index contributed by atoms with van der Waals surface area (Å²) in [6.07, 6.45) is 4.90. The average molecular weight is 170 g/mol. The van der Waals surface area contributed by atoms with E-state index >= 15 is 0 Å². The first-order chi connectivity index (χ1) is 5.29. The van der Waals surface area contributed by atoms with Crippen molar-refractivity contribution >= 4 is 15.7 Å². The van der Waals surface area contributed by atoms with Crippen molar-refractivity contribution in [3.8, 4) is 0 Å². The normalized spacial score (nSPS) is 9.09. The fourth-order valence-electron chi connectivity index (χ4n) is 0.589. The summed E-state index contributed by atoms with van der Waals surface area (Å²) in [6.45, 7) is 0. The van der Waals surface area contributed by atoms with Crippen LogP contribution in [0.1, 0.15) is 5.69 Å². The van der Waals surface area contributed by atoms with Crippen LogP contribution < -0.4 is 0 Å². The standard InChI is InChI=1S/C6H6N2O2S/c9-11(10)4-1-6-5-7-2-3-8-6/h2-5H,1H2. The highest BCUT2D eigenvalue weighted by Crippen LogP contribution is 1.87. The van der Waals surface area contributed by atoms with Gasteiger partial charge in [-0.25, -0.2) is 0 Å². The largest absolute Gasteiger partial charge is 0.261 e. The van der Waals surface area contributed by atoms with Gasteiger partial charge in [-0.15, -0.1) is 0 Å². The maximum atomic E-state index is 10.1. The number of hydrogen-bond donors (Lipinski definition) is 0. The molecule has 0 amide bonds. The fraction of sp³-hybridized carbons (Fsp3) is 0.167. The van der Waals surface area contributed by atoms with Crippen molar-refractivity contribution in [2.75, 3.05) is 0 Å². The van der Waals surface area contributed by atoms with Gasteiger partial charge in [-0.1, -0.05) is 0 Å². The predicted molar refractivity (Wildman–Crippen MR) is 40.7 cm³/mol. The first kappa shape index (κ1) is 7.87. The van der Waals surface area contributed by atoms with Gasteiger partial charge >= 0.3 is 0 Å². The Hall–Kier alpha value is -1.23. The summed E-state index contributed by atoms with van der Waals surface area (Å²) in [5.41, 5.74) is 0.650. The van der Waals surface area contributed by atoms with Gasteiger partial charge in [0, 0.05) is 30.4 Å². The van der Waals surface area contributed by atoms with E-state index in [9.17, 15) is 8.42 Å². The van der Waals surface area contributed by atoms with Gasteiger partial charge in [0.2, 0.25) is 10.3 Å². The van der Waals surface area contributed by atoms with E-state index in [-0.39, 0.29) is 0 Å². The predicted octanol–water partition coefficient (Wildman–Crippen LogP) is -0.300. The van der Waals surface area contributed by atoms with Gasteiger partial charge in [0.1, 0.15) is 0 Å². The second-order valence-corrected chi connectivity index (χ2v) is 2.68. The highest BCUT2D eigenvalue weighted by Gasteiger charge is 1.88. The molecule has 1 aromatic rings. The Morgan fingerprint density at radius 2 is 2.27 bits per heavy atom. The van der Waals surface area contributed by atoms with E-state index in [0.717, 1.165) is 5.37 Å². The van der Waals surface area contributed by atoms with E-state index in [1.54, 1.807) is 0 Å². The van der Waals surface area contributed by atoms with E-state index in [2.05, 4.69) is 9.97 Å². The van der Waals surface area contributed by atoms with Gasteiger partial charge in [-0.3, -0.25) is 9.97 Å². The van der Waals surface area contributed by atoms with Crippen molar-refractivity contribution in [2.24, 2.45) is 0 Å². The SMILES string of the molecule is O=S(=O)=CCc1cnccn1. The van der Waals surface area contributed by atoms with E-state index < -0.39 is 10.3 Å². The lowest BCUT2D eigenvalue weighted by molar-refractivity contribution is 0.627. The molecular formula is C6H6N2O2S. The Bertz CT molecular complexity index is 336. The quantitative estimate of drug-likeness (QED) is 0.572. The lowest BCUT2D eigenvalue weighted by Gasteiger charge is -1.88. The molecule has 11 heavy (non-hydrogen) atoms. The van der Waals surface area contributed by atoms with Gasteiger partial charge in [-0.2, -0.15) is 8.42 Å². The lowest BCUT2D eigenvalue weighted by atomic mass is 10.4. The molecule has 4 nitrogen and oxygen atoms in total. The van der Waals surface area contributed by atoms with Crippen LogP contribution in [0, 0.1) is 0 Å². The summed E-state index contributed by atoms with van der Waals surface area (Å²) in [5, 5.41) is 1.14. The molecule has 0 saturated carbocycles. The van der Waals surface area contributed by atoms with Crippen LogP contribution in [0.3, 0.4) is 0 Å². The molecule has 1 rings (SSSR count). The molecule has 0 N–H and O–H groups in total. The second-order valence-electron chi connectivity index (χ2n) is 1.83. The molecule has 0 aliphatic heterocycles. The van der Waals surface area contributed by atoms with Crippen molar-refractivity contribution in [1.82, 2.24) is 9.97 Å². The molecule has 0 fully saturated rings. The number of nitrogens with zero attached hydrogens (tertiary/aromatic N) is 2. The zero-order valence-corrected chi connectivity index (χ0v) is 6.45. The van der Waals surface area contributed by atoms with Crippen LogP contribution in [-0.2, 0) is 16.7 Å². The monoisotopic (exact) mass is 170 g/mol. The Morgan fingerprint density at radius 3 is 2.82 bits per heavy atom. The Balaban J connectivity index is 2.74. The summed E-state index contributed by atoms with van der Waals surface area (Å²) in [4.78, 5) is 7.66. The van der Waals surface area contributed by atoms with E-state index in [1.165, 1.54) is 18.6 Å². The van der Waals surface area contributed by atoms with Crippen LogP contribution >= 0.6 is 0 Å². The molecule has 0 aliphatic carbocycles. The van der Waals surface area contributed by atoms with Crippen molar-refractivity contribution in [3.63, 3.8) is 0 Å². The number of aromatic nitrogens is 2. The van der Waals surface area contributed by atoms with Crippen LogP contribution in [-0.4, -0.2) is 23.8 Å². The molecule has 0 aromatic carbocycles. The molecule has 1 aromatic heterocycles. The third-order valence-electron chi connectivity index (χ3n) is 1.05.